The summed E-state index contributed by atoms with van der Waals surface area (Å²) in [4.78, 5) is 35.2. The molecule has 2 aromatic heterocycles. The van der Waals surface area contributed by atoms with Crippen LogP contribution < -0.4 is 10.5 Å². The Labute approximate surface area is 171 Å². The molecule has 2 aromatic carbocycles. The number of carbonyl (C=O) groups excluding carboxylic acids is 1. The Morgan fingerprint density at radius 1 is 1.07 bits per heavy atom. The molecule has 0 spiro atoms. The third kappa shape index (κ3) is 2.97. The Morgan fingerprint density at radius 3 is 2.67 bits per heavy atom. The van der Waals surface area contributed by atoms with E-state index in [-0.39, 0.29) is 17.4 Å². The molecule has 8 heteroatoms. The van der Waals surface area contributed by atoms with Gasteiger partial charge in [0.25, 0.3) is 5.56 Å². The molecule has 1 unspecified atom stereocenters. The summed E-state index contributed by atoms with van der Waals surface area (Å²) in [6.07, 6.45) is 0.330. The van der Waals surface area contributed by atoms with Crippen LogP contribution in [0.3, 0.4) is 0 Å². The van der Waals surface area contributed by atoms with Gasteiger partial charge >= 0.3 is 0 Å². The van der Waals surface area contributed by atoms with Gasteiger partial charge < -0.3 is 14.0 Å². The van der Waals surface area contributed by atoms with Gasteiger partial charge in [-0.3, -0.25) is 9.59 Å². The van der Waals surface area contributed by atoms with Crippen LogP contribution >= 0.6 is 0 Å². The normalized spacial score (nSPS) is 16.5. The van der Waals surface area contributed by atoms with E-state index in [9.17, 15) is 9.59 Å². The lowest BCUT2D eigenvalue weighted by molar-refractivity contribution is -0.117. The second-order valence-electron chi connectivity index (χ2n) is 7.46. The first kappa shape index (κ1) is 18.2. The van der Waals surface area contributed by atoms with Gasteiger partial charge in [-0.2, -0.15) is 4.98 Å². The van der Waals surface area contributed by atoms with Crippen molar-refractivity contribution in [3.05, 3.63) is 70.5 Å². The van der Waals surface area contributed by atoms with Crippen molar-refractivity contribution in [3.8, 4) is 11.4 Å². The van der Waals surface area contributed by atoms with Gasteiger partial charge in [0.1, 0.15) is 5.69 Å². The monoisotopic (exact) mass is 401 g/mol. The molecule has 1 amide bonds. The Bertz CT molecular complexity index is 1330. The Hall–Kier alpha value is -3.81. The minimum atomic E-state index is -0.152. The topological polar surface area (TPSA) is 94.1 Å². The maximum Gasteiger partial charge on any atom is 0.272 e. The van der Waals surface area contributed by atoms with Crippen LogP contribution in [0.1, 0.15) is 23.9 Å². The SMILES string of the molecule is Cc1nc2cc(-c3noc(C4CC(=O)N(c5ccccc5)C4)n3)ccc2n(C)c1=O. The molecule has 5 rings (SSSR count). The first-order chi connectivity index (χ1) is 14.5. The second kappa shape index (κ2) is 6.91. The van der Waals surface area contributed by atoms with Crippen LogP contribution in [0.25, 0.3) is 22.4 Å². The number of amides is 1. The van der Waals surface area contributed by atoms with Crippen LogP contribution in [0, 0.1) is 6.92 Å². The van der Waals surface area contributed by atoms with Crippen LogP contribution in [-0.2, 0) is 11.8 Å². The molecule has 0 N–H and O–H groups in total. The first-order valence-corrected chi connectivity index (χ1v) is 9.68. The smallest absolute Gasteiger partial charge is 0.272 e. The molecule has 0 bridgehead atoms. The van der Waals surface area contributed by atoms with Crippen LogP contribution in [0.15, 0.2) is 57.8 Å². The fourth-order valence-electron chi connectivity index (χ4n) is 3.87. The molecule has 0 radical (unpaired) electrons. The Kier molecular flexibility index (Phi) is 4.20. The highest BCUT2D eigenvalue weighted by atomic mass is 16.5. The zero-order valence-corrected chi connectivity index (χ0v) is 16.6. The largest absolute Gasteiger partial charge is 0.339 e. The van der Waals surface area contributed by atoms with Crippen molar-refractivity contribution in [3.63, 3.8) is 0 Å². The third-order valence-electron chi connectivity index (χ3n) is 5.48. The van der Waals surface area contributed by atoms with E-state index < -0.39 is 0 Å². The van der Waals surface area contributed by atoms with Gasteiger partial charge in [-0.05, 0) is 37.3 Å². The molecule has 1 saturated heterocycles. The standard InChI is InChI=1S/C22H19N5O3/c1-13-22(29)26(2)18-9-8-14(10-17(18)23-13)20-24-21(30-25-20)15-11-19(28)27(12-15)16-6-4-3-5-7-16/h3-10,15H,11-12H2,1-2H3. The molecule has 4 aromatic rings. The highest BCUT2D eigenvalue weighted by Crippen LogP contribution is 2.32. The minimum Gasteiger partial charge on any atom is -0.339 e. The van der Waals surface area contributed by atoms with E-state index in [0.717, 1.165) is 16.8 Å². The molecule has 1 aliphatic heterocycles. The summed E-state index contributed by atoms with van der Waals surface area (Å²) in [5.41, 5.74) is 3.34. The molecule has 1 atom stereocenters. The van der Waals surface area contributed by atoms with E-state index in [4.69, 9.17) is 4.52 Å². The van der Waals surface area contributed by atoms with Crippen molar-refractivity contribution >= 4 is 22.6 Å². The second-order valence-corrected chi connectivity index (χ2v) is 7.46. The van der Waals surface area contributed by atoms with Crippen molar-refractivity contribution in [2.45, 2.75) is 19.3 Å². The van der Waals surface area contributed by atoms with Crippen LogP contribution in [0.2, 0.25) is 0 Å². The van der Waals surface area contributed by atoms with E-state index >= 15 is 0 Å². The lowest BCUT2D eigenvalue weighted by Gasteiger charge is -2.15. The Morgan fingerprint density at radius 2 is 1.87 bits per heavy atom. The predicted molar refractivity (Wildman–Crippen MR) is 111 cm³/mol. The van der Waals surface area contributed by atoms with Gasteiger partial charge in [-0.15, -0.1) is 0 Å². The zero-order chi connectivity index (χ0) is 20.8. The molecule has 8 nitrogen and oxygen atoms in total. The number of aromatic nitrogens is 4. The molecule has 0 aliphatic carbocycles. The van der Waals surface area contributed by atoms with Crippen molar-refractivity contribution in [1.82, 2.24) is 19.7 Å². The molecule has 1 aliphatic rings. The number of aryl methyl sites for hydroxylation is 2. The van der Waals surface area contributed by atoms with Gasteiger partial charge in [0.2, 0.25) is 17.6 Å². The van der Waals surface area contributed by atoms with Gasteiger partial charge in [-0.25, -0.2) is 4.98 Å². The third-order valence-corrected chi connectivity index (χ3v) is 5.48. The summed E-state index contributed by atoms with van der Waals surface area (Å²) in [7, 11) is 1.72. The number of hydrogen-bond donors (Lipinski definition) is 0. The fraction of sp³-hybridized carbons (Fsp3) is 0.227. The van der Waals surface area contributed by atoms with Gasteiger partial charge in [0.15, 0.2) is 0 Å². The number of hydrogen-bond acceptors (Lipinski definition) is 6. The van der Waals surface area contributed by atoms with E-state index in [0.29, 0.717) is 35.9 Å². The summed E-state index contributed by atoms with van der Waals surface area (Å²) in [5, 5.41) is 4.11. The predicted octanol–water partition coefficient (Wildman–Crippen LogP) is 2.81. The lowest BCUT2D eigenvalue weighted by atomic mass is 10.1. The van der Waals surface area contributed by atoms with Crippen LogP contribution in [0.5, 0.6) is 0 Å². The Balaban J connectivity index is 1.44. The zero-order valence-electron chi connectivity index (χ0n) is 16.6. The van der Waals surface area contributed by atoms with Gasteiger partial charge in [-0.1, -0.05) is 23.4 Å². The number of carbonyl (C=O) groups is 1. The van der Waals surface area contributed by atoms with E-state index in [1.165, 1.54) is 0 Å². The summed E-state index contributed by atoms with van der Waals surface area (Å²) in [6.45, 7) is 2.20. The molecule has 0 saturated carbocycles. The molecule has 3 heterocycles. The first-order valence-electron chi connectivity index (χ1n) is 9.68. The average molecular weight is 401 g/mol. The summed E-state index contributed by atoms with van der Waals surface area (Å²) in [6, 6.07) is 15.1. The summed E-state index contributed by atoms with van der Waals surface area (Å²) >= 11 is 0. The highest BCUT2D eigenvalue weighted by Gasteiger charge is 2.35. The van der Waals surface area contributed by atoms with Gasteiger partial charge in [0, 0.05) is 31.3 Å². The number of para-hydroxylation sites is 1. The molecule has 30 heavy (non-hydrogen) atoms. The molecule has 1 fully saturated rings. The number of anilines is 1. The van der Waals surface area contributed by atoms with Crippen molar-refractivity contribution in [1.29, 1.82) is 0 Å². The minimum absolute atomic E-state index is 0.0391. The van der Waals surface area contributed by atoms with Crippen LogP contribution in [0.4, 0.5) is 5.69 Å². The van der Waals surface area contributed by atoms with Crippen molar-refractivity contribution < 1.29 is 9.32 Å². The fourth-order valence-corrected chi connectivity index (χ4v) is 3.87. The van der Waals surface area contributed by atoms with E-state index in [2.05, 4.69) is 15.1 Å². The number of rotatable bonds is 3. The molecular weight excluding hydrogens is 382 g/mol. The number of fused-ring (bicyclic) bond motifs is 1. The van der Waals surface area contributed by atoms with E-state index in [1.54, 1.807) is 23.4 Å². The average Bonchev–Trinajstić information content (AvgIpc) is 3.39. The maximum absolute atomic E-state index is 12.5. The number of benzene rings is 2. The van der Waals surface area contributed by atoms with E-state index in [1.807, 2.05) is 48.5 Å². The quantitative estimate of drug-likeness (QED) is 0.524. The lowest BCUT2D eigenvalue weighted by Crippen LogP contribution is -2.24. The van der Waals surface area contributed by atoms with Crippen molar-refractivity contribution in [2.24, 2.45) is 7.05 Å². The molecule has 150 valence electrons. The summed E-state index contributed by atoms with van der Waals surface area (Å²) in [5.74, 6) is 0.769. The highest BCUT2D eigenvalue weighted by molar-refractivity contribution is 5.96. The van der Waals surface area contributed by atoms with Gasteiger partial charge in [0.05, 0.1) is 17.0 Å². The molecular formula is C22H19N5O3. The van der Waals surface area contributed by atoms with Crippen molar-refractivity contribution in [2.75, 3.05) is 11.4 Å². The summed E-state index contributed by atoms with van der Waals surface area (Å²) < 4.78 is 7.07. The number of nitrogens with zero attached hydrogens (tertiary/aromatic N) is 5. The maximum atomic E-state index is 12.5. The van der Waals surface area contributed by atoms with Crippen LogP contribution in [-0.4, -0.2) is 32.1 Å².